The Morgan fingerprint density at radius 1 is 1.46 bits per heavy atom. The van der Waals surface area contributed by atoms with Crippen LogP contribution in [0.1, 0.15) is 32.6 Å². The molecule has 2 unspecified atom stereocenters. The molecule has 74 valence electrons. The van der Waals surface area contributed by atoms with Gasteiger partial charge < -0.3 is 4.74 Å². The molecule has 4 heteroatoms. The molecular formula is C9H14O3S. The Kier molecular flexibility index (Phi) is 4.28. The van der Waals surface area contributed by atoms with E-state index in [2.05, 4.69) is 0 Å². The third-order valence-corrected chi connectivity index (χ3v) is 3.36. The van der Waals surface area contributed by atoms with E-state index in [4.69, 9.17) is 4.74 Å². The summed E-state index contributed by atoms with van der Waals surface area (Å²) in [6.07, 6.45) is 4.03. The van der Waals surface area contributed by atoms with Crippen molar-refractivity contribution in [3.05, 3.63) is 0 Å². The van der Waals surface area contributed by atoms with Crippen molar-refractivity contribution in [1.29, 1.82) is 0 Å². The van der Waals surface area contributed by atoms with Gasteiger partial charge >= 0.3 is 0 Å². The van der Waals surface area contributed by atoms with Gasteiger partial charge in [0.25, 0.3) is 6.47 Å². The molecule has 3 nitrogen and oxygen atoms in total. The summed E-state index contributed by atoms with van der Waals surface area (Å²) in [5.74, 6) is 0. The molecule has 0 spiro atoms. The first kappa shape index (κ1) is 10.6. The smallest absolute Gasteiger partial charge is 0.293 e. The molecule has 0 bridgehead atoms. The van der Waals surface area contributed by atoms with E-state index in [1.807, 2.05) is 0 Å². The molecular weight excluding hydrogens is 188 g/mol. The summed E-state index contributed by atoms with van der Waals surface area (Å²) in [4.78, 5) is 21.1. The maximum atomic E-state index is 10.9. The number of carbonyl (C=O) groups excluding carboxylic acids is 2. The van der Waals surface area contributed by atoms with E-state index in [9.17, 15) is 9.59 Å². The van der Waals surface area contributed by atoms with Gasteiger partial charge in [-0.1, -0.05) is 18.2 Å². The van der Waals surface area contributed by atoms with Crippen molar-refractivity contribution in [1.82, 2.24) is 0 Å². The van der Waals surface area contributed by atoms with Crippen molar-refractivity contribution >= 4 is 23.3 Å². The Bertz CT molecular complexity index is 193. The van der Waals surface area contributed by atoms with E-state index in [-0.39, 0.29) is 16.5 Å². The molecule has 0 amide bonds. The lowest BCUT2D eigenvalue weighted by molar-refractivity contribution is -0.134. The molecule has 13 heavy (non-hydrogen) atoms. The minimum Gasteiger partial charge on any atom is -0.463 e. The van der Waals surface area contributed by atoms with Gasteiger partial charge in [0.2, 0.25) is 0 Å². The molecule has 1 saturated carbocycles. The van der Waals surface area contributed by atoms with Crippen LogP contribution in [0, 0.1) is 0 Å². The Morgan fingerprint density at radius 2 is 2.15 bits per heavy atom. The van der Waals surface area contributed by atoms with E-state index in [1.165, 1.54) is 11.8 Å². The quantitative estimate of drug-likeness (QED) is 0.654. The van der Waals surface area contributed by atoms with Gasteiger partial charge in [0, 0.05) is 12.2 Å². The van der Waals surface area contributed by atoms with Crippen LogP contribution in [0.25, 0.3) is 0 Å². The van der Waals surface area contributed by atoms with Gasteiger partial charge in [-0.05, 0) is 19.3 Å². The lowest BCUT2D eigenvalue weighted by atomic mass is 9.97. The van der Waals surface area contributed by atoms with Crippen LogP contribution in [0.4, 0.5) is 0 Å². The number of hydrogen-bond acceptors (Lipinski definition) is 4. The third kappa shape index (κ3) is 3.38. The summed E-state index contributed by atoms with van der Waals surface area (Å²) >= 11 is 1.30. The van der Waals surface area contributed by atoms with E-state index >= 15 is 0 Å². The molecule has 0 aliphatic heterocycles. The van der Waals surface area contributed by atoms with E-state index in [1.54, 1.807) is 6.92 Å². The maximum Gasteiger partial charge on any atom is 0.293 e. The Hall–Kier alpha value is -0.510. The lowest BCUT2D eigenvalue weighted by Crippen LogP contribution is -2.30. The van der Waals surface area contributed by atoms with E-state index in [0.717, 1.165) is 25.7 Å². The predicted molar refractivity (Wildman–Crippen MR) is 51.5 cm³/mol. The molecule has 2 atom stereocenters. The number of thioether (sulfide) groups is 1. The summed E-state index contributed by atoms with van der Waals surface area (Å²) in [7, 11) is 0. The van der Waals surface area contributed by atoms with Crippen molar-refractivity contribution in [2.75, 3.05) is 0 Å². The molecule has 0 N–H and O–H groups in total. The number of hydrogen-bond donors (Lipinski definition) is 0. The van der Waals surface area contributed by atoms with Crippen LogP contribution < -0.4 is 0 Å². The summed E-state index contributed by atoms with van der Waals surface area (Å²) in [6, 6.07) is 0. The molecule has 0 aromatic carbocycles. The van der Waals surface area contributed by atoms with Crippen LogP contribution >= 0.6 is 11.8 Å². The van der Waals surface area contributed by atoms with Crippen LogP contribution in [0.3, 0.4) is 0 Å². The highest BCUT2D eigenvalue weighted by molar-refractivity contribution is 8.14. The summed E-state index contributed by atoms with van der Waals surface area (Å²) in [5.41, 5.74) is 0. The largest absolute Gasteiger partial charge is 0.463 e. The maximum absolute atomic E-state index is 10.9. The van der Waals surface area contributed by atoms with Gasteiger partial charge in [-0.25, -0.2) is 0 Å². The SMILES string of the molecule is CC(=O)SC1CCCCC1OC=O. The zero-order valence-corrected chi connectivity index (χ0v) is 8.51. The molecule has 0 radical (unpaired) electrons. The average molecular weight is 202 g/mol. The minimum atomic E-state index is -0.0554. The van der Waals surface area contributed by atoms with E-state index < -0.39 is 0 Å². The standard InChI is InChI=1S/C9H14O3S/c1-7(11)13-9-5-3-2-4-8(9)12-6-10/h6,8-9H,2-5H2,1H3. The average Bonchev–Trinajstić information content (AvgIpc) is 2.08. The second-order valence-electron chi connectivity index (χ2n) is 3.20. The fourth-order valence-corrected chi connectivity index (χ4v) is 2.70. The molecule has 1 fully saturated rings. The third-order valence-electron chi connectivity index (χ3n) is 2.19. The number of carbonyl (C=O) groups is 2. The van der Waals surface area contributed by atoms with Crippen LogP contribution in [0.5, 0.6) is 0 Å². The number of ether oxygens (including phenoxy) is 1. The summed E-state index contributed by atoms with van der Waals surface area (Å²) < 4.78 is 4.94. The fourth-order valence-electron chi connectivity index (χ4n) is 1.64. The lowest BCUT2D eigenvalue weighted by Gasteiger charge is -2.28. The van der Waals surface area contributed by atoms with Gasteiger partial charge in [-0.3, -0.25) is 9.59 Å². The Morgan fingerprint density at radius 3 is 2.77 bits per heavy atom. The van der Waals surface area contributed by atoms with Crippen molar-refractivity contribution < 1.29 is 14.3 Å². The van der Waals surface area contributed by atoms with Crippen molar-refractivity contribution in [3.8, 4) is 0 Å². The molecule has 1 aliphatic carbocycles. The normalized spacial score (nSPS) is 28.1. The van der Waals surface area contributed by atoms with Crippen molar-refractivity contribution in [2.24, 2.45) is 0 Å². The molecule has 1 rings (SSSR count). The highest BCUT2D eigenvalue weighted by Gasteiger charge is 2.27. The highest BCUT2D eigenvalue weighted by atomic mass is 32.2. The van der Waals surface area contributed by atoms with Crippen LogP contribution in [0.2, 0.25) is 0 Å². The first-order valence-electron chi connectivity index (χ1n) is 4.50. The predicted octanol–water partition coefficient (Wildman–Crippen LogP) is 1.75. The monoisotopic (exact) mass is 202 g/mol. The van der Waals surface area contributed by atoms with Gasteiger partial charge in [0.15, 0.2) is 5.12 Å². The first-order chi connectivity index (χ1) is 6.24. The molecule has 0 aromatic heterocycles. The minimum absolute atomic E-state index is 0.0554. The second kappa shape index (κ2) is 5.27. The number of rotatable bonds is 3. The molecule has 1 aliphatic rings. The van der Waals surface area contributed by atoms with Crippen LogP contribution in [-0.2, 0) is 14.3 Å². The van der Waals surface area contributed by atoms with Crippen LogP contribution in [-0.4, -0.2) is 22.9 Å². The van der Waals surface area contributed by atoms with Gasteiger partial charge in [0.05, 0.1) is 0 Å². The van der Waals surface area contributed by atoms with Gasteiger partial charge in [0.1, 0.15) is 6.10 Å². The molecule has 0 heterocycles. The first-order valence-corrected chi connectivity index (χ1v) is 5.38. The highest BCUT2D eigenvalue weighted by Crippen LogP contribution is 2.30. The molecule has 0 saturated heterocycles. The fraction of sp³-hybridized carbons (Fsp3) is 0.778. The van der Waals surface area contributed by atoms with Crippen molar-refractivity contribution in [3.63, 3.8) is 0 Å². The van der Waals surface area contributed by atoms with Gasteiger partial charge in [-0.2, -0.15) is 0 Å². The zero-order chi connectivity index (χ0) is 9.68. The summed E-state index contributed by atoms with van der Waals surface area (Å²) in [5, 5.41) is 0.280. The van der Waals surface area contributed by atoms with Crippen molar-refractivity contribution in [2.45, 2.75) is 44.0 Å². The van der Waals surface area contributed by atoms with E-state index in [0.29, 0.717) is 6.47 Å². The molecule has 0 aromatic rings. The Labute approximate surface area is 82.2 Å². The second-order valence-corrected chi connectivity index (χ2v) is 4.62. The Balaban J connectivity index is 2.45. The summed E-state index contributed by atoms with van der Waals surface area (Å²) in [6.45, 7) is 2.04. The van der Waals surface area contributed by atoms with Crippen LogP contribution in [0.15, 0.2) is 0 Å². The topological polar surface area (TPSA) is 43.4 Å². The van der Waals surface area contributed by atoms with Gasteiger partial charge in [-0.15, -0.1) is 0 Å². The zero-order valence-electron chi connectivity index (χ0n) is 7.69.